The average molecular weight is 250 g/mol. The monoisotopic (exact) mass is 250 g/mol. The minimum absolute atomic E-state index is 0.0877. The molecule has 2 nitrogen and oxygen atoms in total. The van der Waals surface area contributed by atoms with Gasteiger partial charge in [-0.05, 0) is 12.2 Å². The van der Waals surface area contributed by atoms with E-state index in [1.165, 1.54) is 0 Å². The van der Waals surface area contributed by atoms with Gasteiger partial charge in [-0.15, -0.1) is 0 Å². The van der Waals surface area contributed by atoms with Crippen molar-refractivity contribution in [2.45, 2.75) is 23.6 Å². The average Bonchev–Trinajstić information content (AvgIpc) is 2.17. The van der Waals surface area contributed by atoms with Crippen LogP contribution >= 0.6 is 0 Å². The third-order valence-corrected chi connectivity index (χ3v) is 2.37. The van der Waals surface area contributed by atoms with Gasteiger partial charge in [0, 0.05) is 14.2 Å². The third kappa shape index (κ3) is 1.29. The lowest BCUT2D eigenvalue weighted by Crippen LogP contribution is -2.68. The maximum Gasteiger partial charge on any atom is 0.381 e. The van der Waals surface area contributed by atoms with Gasteiger partial charge in [-0.2, -0.15) is 26.3 Å². The zero-order valence-corrected chi connectivity index (χ0v) is 8.24. The van der Waals surface area contributed by atoms with Crippen molar-refractivity contribution in [3.05, 3.63) is 12.2 Å². The number of rotatable bonds is 2. The summed E-state index contributed by atoms with van der Waals surface area (Å²) in [7, 11) is 1.31. The minimum atomic E-state index is -5.60. The van der Waals surface area contributed by atoms with E-state index in [2.05, 4.69) is 9.47 Å². The molecule has 0 heterocycles. The van der Waals surface area contributed by atoms with Crippen LogP contribution in [0.25, 0.3) is 0 Å². The molecule has 0 unspecified atom stereocenters. The lowest BCUT2D eigenvalue weighted by molar-refractivity contribution is -0.395. The molecule has 0 saturated carbocycles. The first-order chi connectivity index (χ1) is 7.08. The molecule has 0 atom stereocenters. The summed E-state index contributed by atoms with van der Waals surface area (Å²) in [6, 6.07) is 0. The molecule has 0 aliphatic heterocycles. The maximum absolute atomic E-state index is 13.3. The molecule has 0 radical (unpaired) electrons. The second-order valence-electron chi connectivity index (χ2n) is 3.18. The summed E-state index contributed by atoms with van der Waals surface area (Å²) in [5.41, 5.74) is 0. The fourth-order valence-corrected chi connectivity index (χ4v) is 1.33. The van der Waals surface area contributed by atoms with Gasteiger partial charge in [-0.25, -0.2) is 0 Å². The van der Waals surface area contributed by atoms with Gasteiger partial charge in [-0.1, -0.05) is 0 Å². The number of allylic oxidation sites excluding steroid dienone is 1. The van der Waals surface area contributed by atoms with E-state index in [0.717, 1.165) is 0 Å². The number of methoxy groups -OCH3 is 2. The molecule has 0 N–H and O–H groups in total. The molecule has 0 aromatic carbocycles. The van der Waals surface area contributed by atoms with Crippen molar-refractivity contribution in [2.75, 3.05) is 14.2 Å². The van der Waals surface area contributed by atoms with Gasteiger partial charge in [0.15, 0.2) is 0 Å². The number of hydrogen-bond donors (Lipinski definition) is 0. The van der Waals surface area contributed by atoms with Crippen LogP contribution in [0.15, 0.2) is 12.2 Å². The van der Waals surface area contributed by atoms with Crippen LogP contribution in [0.2, 0.25) is 0 Å². The van der Waals surface area contributed by atoms with Crippen LogP contribution < -0.4 is 0 Å². The lowest BCUT2D eigenvalue weighted by Gasteiger charge is -2.44. The first kappa shape index (κ1) is 13.3. The topological polar surface area (TPSA) is 18.5 Å². The maximum atomic E-state index is 13.3. The molecule has 0 amide bonds. The van der Waals surface area contributed by atoms with E-state index in [9.17, 15) is 26.3 Å². The van der Waals surface area contributed by atoms with Crippen LogP contribution in [0.3, 0.4) is 0 Å². The quantitative estimate of drug-likeness (QED) is 0.426. The standard InChI is InChI=1S/C8H8F6O2/c1-15-6(16-2)4-3-5(9,10)7(11,12)8(6,13)14/h3-4H,1-2H3. The Hall–Kier alpha value is -0.760. The second kappa shape index (κ2) is 3.36. The summed E-state index contributed by atoms with van der Waals surface area (Å²) in [4.78, 5) is 0. The Balaban J connectivity index is 3.42. The molecule has 0 aromatic rings. The zero-order valence-electron chi connectivity index (χ0n) is 8.24. The Morgan fingerprint density at radius 2 is 1.19 bits per heavy atom. The fourth-order valence-electron chi connectivity index (χ4n) is 1.33. The number of halogens is 6. The van der Waals surface area contributed by atoms with Gasteiger partial charge in [0.1, 0.15) is 0 Å². The van der Waals surface area contributed by atoms with Crippen molar-refractivity contribution in [2.24, 2.45) is 0 Å². The highest BCUT2D eigenvalue weighted by Crippen LogP contribution is 2.55. The van der Waals surface area contributed by atoms with E-state index >= 15 is 0 Å². The number of alkyl halides is 6. The SMILES string of the molecule is COC1(OC)C=CC(F)(F)C(F)(F)C1(F)F. The van der Waals surface area contributed by atoms with E-state index in [-0.39, 0.29) is 12.2 Å². The van der Waals surface area contributed by atoms with E-state index in [4.69, 9.17) is 0 Å². The Kier molecular flexibility index (Phi) is 2.80. The fraction of sp³-hybridized carbons (Fsp3) is 0.750. The molecule has 0 spiro atoms. The molecule has 0 fully saturated rings. The van der Waals surface area contributed by atoms with Crippen molar-refractivity contribution >= 4 is 0 Å². The normalized spacial score (nSPS) is 29.0. The van der Waals surface area contributed by atoms with Gasteiger partial charge in [0.25, 0.3) is 5.79 Å². The summed E-state index contributed by atoms with van der Waals surface area (Å²) in [5.74, 6) is -18.9. The van der Waals surface area contributed by atoms with Gasteiger partial charge >= 0.3 is 17.8 Å². The van der Waals surface area contributed by atoms with Crippen molar-refractivity contribution in [3.8, 4) is 0 Å². The summed E-state index contributed by atoms with van der Waals surface area (Å²) in [6.45, 7) is 0. The van der Waals surface area contributed by atoms with E-state index in [1.807, 2.05) is 0 Å². The summed E-state index contributed by atoms with van der Waals surface area (Å²) >= 11 is 0. The molecular weight excluding hydrogens is 242 g/mol. The van der Waals surface area contributed by atoms with Crippen LogP contribution in [0.4, 0.5) is 26.3 Å². The van der Waals surface area contributed by atoms with Gasteiger partial charge in [0.2, 0.25) is 0 Å². The van der Waals surface area contributed by atoms with Crippen molar-refractivity contribution in [1.82, 2.24) is 0 Å². The van der Waals surface area contributed by atoms with Gasteiger partial charge in [0.05, 0.1) is 0 Å². The molecule has 1 rings (SSSR count). The molecule has 0 aromatic heterocycles. The Labute approximate surface area is 86.8 Å². The minimum Gasteiger partial charge on any atom is -0.345 e. The van der Waals surface area contributed by atoms with Crippen LogP contribution in [0.5, 0.6) is 0 Å². The predicted molar refractivity (Wildman–Crippen MR) is 40.7 cm³/mol. The zero-order chi connectivity index (χ0) is 12.8. The van der Waals surface area contributed by atoms with Crippen molar-refractivity contribution in [3.63, 3.8) is 0 Å². The Bertz CT molecular complexity index is 308. The van der Waals surface area contributed by atoms with E-state index in [0.29, 0.717) is 14.2 Å². The van der Waals surface area contributed by atoms with Crippen LogP contribution in [0, 0.1) is 0 Å². The Morgan fingerprint density at radius 1 is 0.750 bits per heavy atom. The molecule has 1 aliphatic carbocycles. The first-order valence-electron chi connectivity index (χ1n) is 4.02. The van der Waals surface area contributed by atoms with Crippen molar-refractivity contribution in [1.29, 1.82) is 0 Å². The highest BCUT2D eigenvalue weighted by Gasteiger charge is 2.81. The second-order valence-corrected chi connectivity index (χ2v) is 3.18. The molecule has 16 heavy (non-hydrogen) atoms. The Morgan fingerprint density at radius 3 is 1.56 bits per heavy atom. The van der Waals surface area contributed by atoms with Crippen molar-refractivity contribution < 1.29 is 35.8 Å². The number of ether oxygens (including phenoxy) is 2. The highest BCUT2D eigenvalue weighted by atomic mass is 19.3. The van der Waals surface area contributed by atoms with Crippen LogP contribution in [0.1, 0.15) is 0 Å². The molecular formula is C8H8F6O2. The summed E-state index contributed by atoms with van der Waals surface area (Å²) in [6.07, 6.45) is -0.262. The largest absolute Gasteiger partial charge is 0.381 e. The van der Waals surface area contributed by atoms with Gasteiger partial charge < -0.3 is 9.47 Å². The molecule has 0 bridgehead atoms. The highest BCUT2D eigenvalue weighted by molar-refractivity contribution is 5.23. The molecule has 1 aliphatic rings. The van der Waals surface area contributed by atoms with Crippen LogP contribution in [-0.4, -0.2) is 37.8 Å². The molecule has 0 saturated heterocycles. The summed E-state index contributed by atoms with van der Waals surface area (Å²) in [5, 5.41) is 0. The molecule has 8 heteroatoms. The smallest absolute Gasteiger partial charge is 0.345 e. The van der Waals surface area contributed by atoms with E-state index < -0.39 is 23.6 Å². The van der Waals surface area contributed by atoms with E-state index in [1.54, 1.807) is 0 Å². The lowest BCUT2D eigenvalue weighted by atomic mass is 9.90. The summed E-state index contributed by atoms with van der Waals surface area (Å²) < 4.78 is 85.9. The number of hydrogen-bond acceptors (Lipinski definition) is 2. The van der Waals surface area contributed by atoms with Gasteiger partial charge in [-0.3, -0.25) is 0 Å². The third-order valence-electron chi connectivity index (χ3n) is 2.37. The molecule has 94 valence electrons. The first-order valence-corrected chi connectivity index (χ1v) is 4.02. The predicted octanol–water partition coefficient (Wildman–Crippen LogP) is 2.45. The van der Waals surface area contributed by atoms with Crippen LogP contribution in [-0.2, 0) is 9.47 Å².